The molecule has 0 unspecified atom stereocenters. The van der Waals surface area contributed by atoms with Crippen LogP contribution < -0.4 is 0 Å². The van der Waals surface area contributed by atoms with Crippen LogP contribution >= 0.6 is 11.3 Å². The second-order valence-corrected chi connectivity index (χ2v) is 5.79. The Morgan fingerprint density at radius 1 is 1.27 bits per heavy atom. The Bertz CT molecular complexity index is 530. The summed E-state index contributed by atoms with van der Waals surface area (Å²) < 4.78 is 21.6. The summed E-state index contributed by atoms with van der Waals surface area (Å²) in [5.41, 5.74) is -0.755. The van der Waals surface area contributed by atoms with Crippen molar-refractivity contribution in [1.29, 1.82) is 0 Å². The molecule has 0 aromatic carbocycles. The average Bonchev–Trinajstić information content (AvgIpc) is 2.45. The Kier molecular flexibility index (Phi) is 2.73. The number of nitro groups is 2. The third-order valence-electron chi connectivity index (χ3n) is 1.38. The molecule has 8 nitrogen and oxygen atoms in total. The van der Waals surface area contributed by atoms with Crippen LogP contribution in [-0.4, -0.2) is 24.5 Å². The van der Waals surface area contributed by atoms with Crippen LogP contribution in [0.5, 0.6) is 0 Å². The molecule has 82 valence electrons. The van der Waals surface area contributed by atoms with Gasteiger partial charge in [0.1, 0.15) is 6.07 Å². The molecule has 1 heterocycles. The maximum absolute atomic E-state index is 11.1. The molecule has 0 radical (unpaired) electrons. The smallest absolute Gasteiger partial charge is 0.258 e. The van der Waals surface area contributed by atoms with Crippen molar-refractivity contribution in [2.24, 2.45) is 0 Å². The van der Waals surface area contributed by atoms with Crippen molar-refractivity contribution in [3.05, 3.63) is 26.3 Å². The lowest BCUT2D eigenvalue weighted by Crippen LogP contribution is -1.98. The Morgan fingerprint density at radius 2 is 1.80 bits per heavy atom. The molecule has 0 N–H and O–H groups in total. The van der Waals surface area contributed by atoms with Gasteiger partial charge in [-0.25, -0.2) is 8.42 Å². The minimum Gasteiger partial charge on any atom is -0.258 e. The van der Waals surface area contributed by atoms with E-state index in [2.05, 4.69) is 0 Å². The molecule has 0 aliphatic carbocycles. The number of rotatable bonds is 3. The van der Waals surface area contributed by atoms with E-state index in [1.807, 2.05) is 0 Å². The van der Waals surface area contributed by atoms with Crippen LogP contribution in [-0.2, 0) is 9.84 Å². The molecule has 0 bridgehead atoms. The second-order valence-electron chi connectivity index (χ2n) is 2.54. The summed E-state index contributed by atoms with van der Waals surface area (Å²) in [5.74, 6) is 0. The van der Waals surface area contributed by atoms with Gasteiger partial charge in [0.25, 0.3) is 0 Å². The summed E-state index contributed by atoms with van der Waals surface area (Å²) in [6.07, 6.45) is 0.759. The summed E-state index contributed by atoms with van der Waals surface area (Å²) in [6.45, 7) is 0. The minimum atomic E-state index is -3.82. The molecule has 1 aromatic heterocycles. The topological polar surface area (TPSA) is 120 Å². The predicted octanol–water partition coefficient (Wildman–Crippen LogP) is 0.968. The third-order valence-corrected chi connectivity index (χ3v) is 4.29. The Balaban J connectivity index is 3.51. The maximum atomic E-state index is 11.1. The number of nitrogens with zero attached hydrogens (tertiary/aromatic N) is 2. The molecule has 15 heavy (non-hydrogen) atoms. The molecule has 0 aliphatic heterocycles. The maximum Gasteiger partial charge on any atom is 0.332 e. The average molecular weight is 252 g/mol. The van der Waals surface area contributed by atoms with Crippen LogP contribution in [0, 0.1) is 20.2 Å². The highest BCUT2D eigenvalue weighted by Gasteiger charge is 2.30. The van der Waals surface area contributed by atoms with Gasteiger partial charge in [-0.1, -0.05) is 0 Å². The van der Waals surface area contributed by atoms with Crippen molar-refractivity contribution in [2.45, 2.75) is 4.21 Å². The summed E-state index contributed by atoms with van der Waals surface area (Å²) >= 11 is 0.274. The largest absolute Gasteiger partial charge is 0.332 e. The van der Waals surface area contributed by atoms with Crippen LogP contribution in [0.3, 0.4) is 0 Å². The SMILES string of the molecule is CS(=O)(=O)c1sc([N+](=O)[O-])cc1[N+](=O)[O-]. The van der Waals surface area contributed by atoms with E-state index < -0.39 is 34.6 Å². The van der Waals surface area contributed by atoms with Gasteiger partial charge >= 0.3 is 10.7 Å². The molecule has 0 saturated carbocycles. The second kappa shape index (κ2) is 3.55. The molecule has 0 fully saturated rings. The lowest BCUT2D eigenvalue weighted by Gasteiger charge is -1.90. The van der Waals surface area contributed by atoms with Crippen LogP contribution in [0.25, 0.3) is 0 Å². The van der Waals surface area contributed by atoms with Crippen LogP contribution in [0.2, 0.25) is 0 Å². The van der Waals surface area contributed by atoms with Gasteiger partial charge in [-0.05, 0) is 11.3 Å². The number of thiophene rings is 1. The Labute approximate surface area is 87.4 Å². The van der Waals surface area contributed by atoms with E-state index in [0.29, 0.717) is 6.07 Å². The summed E-state index contributed by atoms with van der Waals surface area (Å²) in [5, 5.41) is 20.2. The van der Waals surface area contributed by atoms with Gasteiger partial charge in [-0.15, -0.1) is 0 Å². The van der Waals surface area contributed by atoms with E-state index in [9.17, 15) is 28.6 Å². The quantitative estimate of drug-likeness (QED) is 0.583. The van der Waals surface area contributed by atoms with E-state index in [4.69, 9.17) is 0 Å². The fraction of sp³-hybridized carbons (Fsp3) is 0.200. The predicted molar refractivity (Wildman–Crippen MR) is 50.7 cm³/mol. The number of hydrogen-bond donors (Lipinski definition) is 0. The molecule has 1 aromatic rings. The lowest BCUT2D eigenvalue weighted by atomic mass is 10.5. The first kappa shape index (κ1) is 11.5. The highest BCUT2D eigenvalue weighted by Crippen LogP contribution is 2.37. The summed E-state index contributed by atoms with van der Waals surface area (Å²) in [7, 11) is -3.82. The van der Waals surface area contributed by atoms with Crippen molar-refractivity contribution in [1.82, 2.24) is 0 Å². The molecular weight excluding hydrogens is 248 g/mol. The monoisotopic (exact) mass is 252 g/mol. The molecule has 0 atom stereocenters. The van der Waals surface area contributed by atoms with E-state index in [-0.39, 0.29) is 11.3 Å². The molecule has 0 aliphatic rings. The molecule has 0 saturated heterocycles. The van der Waals surface area contributed by atoms with Gasteiger partial charge in [0.15, 0.2) is 9.84 Å². The first-order valence-electron chi connectivity index (χ1n) is 3.36. The Morgan fingerprint density at radius 3 is 2.07 bits per heavy atom. The van der Waals surface area contributed by atoms with Crippen LogP contribution in [0.4, 0.5) is 10.7 Å². The van der Waals surface area contributed by atoms with Crippen molar-refractivity contribution >= 4 is 31.9 Å². The van der Waals surface area contributed by atoms with Gasteiger partial charge in [0.05, 0.1) is 9.85 Å². The standard InChI is InChI=1S/C5H4N2O6S2/c1-15(12,13)5-3(6(8)9)2-4(14-5)7(10)11/h2H,1H3. The van der Waals surface area contributed by atoms with Gasteiger partial charge in [-0.2, -0.15) is 0 Å². The fourth-order valence-corrected chi connectivity index (χ4v) is 2.88. The van der Waals surface area contributed by atoms with E-state index in [0.717, 1.165) is 6.26 Å². The van der Waals surface area contributed by atoms with Crippen LogP contribution in [0.15, 0.2) is 10.3 Å². The first-order valence-corrected chi connectivity index (χ1v) is 6.07. The molecule has 10 heteroatoms. The van der Waals surface area contributed by atoms with Gasteiger partial charge in [-0.3, -0.25) is 20.2 Å². The van der Waals surface area contributed by atoms with Gasteiger partial charge < -0.3 is 0 Å². The van der Waals surface area contributed by atoms with E-state index in [1.165, 1.54) is 0 Å². The number of sulfone groups is 1. The van der Waals surface area contributed by atoms with E-state index >= 15 is 0 Å². The first-order chi connectivity index (χ1) is 6.73. The molecule has 0 spiro atoms. The van der Waals surface area contributed by atoms with Crippen molar-refractivity contribution in [3.8, 4) is 0 Å². The Hall–Kier alpha value is -1.55. The molecular formula is C5H4N2O6S2. The molecule has 1 rings (SSSR count). The zero-order valence-corrected chi connectivity index (χ0v) is 8.87. The number of hydrogen-bond acceptors (Lipinski definition) is 7. The van der Waals surface area contributed by atoms with E-state index in [1.54, 1.807) is 0 Å². The highest BCUT2D eigenvalue weighted by molar-refractivity contribution is 7.93. The highest BCUT2D eigenvalue weighted by atomic mass is 32.2. The van der Waals surface area contributed by atoms with Crippen molar-refractivity contribution in [2.75, 3.05) is 6.26 Å². The zero-order valence-electron chi connectivity index (χ0n) is 7.24. The third kappa shape index (κ3) is 2.27. The lowest BCUT2D eigenvalue weighted by molar-refractivity contribution is -0.391. The normalized spacial score (nSPS) is 11.3. The van der Waals surface area contributed by atoms with Gasteiger partial charge in [0, 0.05) is 6.26 Å². The zero-order chi connectivity index (χ0) is 11.8. The van der Waals surface area contributed by atoms with Crippen LogP contribution in [0.1, 0.15) is 0 Å². The molecule has 0 amide bonds. The van der Waals surface area contributed by atoms with Crippen molar-refractivity contribution in [3.63, 3.8) is 0 Å². The van der Waals surface area contributed by atoms with Crippen molar-refractivity contribution < 1.29 is 18.3 Å². The summed E-state index contributed by atoms with van der Waals surface area (Å²) in [6, 6.07) is 0.640. The minimum absolute atomic E-state index is 0.274. The van der Waals surface area contributed by atoms with Gasteiger partial charge in [0.2, 0.25) is 4.21 Å². The fourth-order valence-electron chi connectivity index (χ4n) is 0.835. The summed E-state index contributed by atoms with van der Waals surface area (Å²) in [4.78, 5) is 18.9.